The smallest absolute Gasteiger partial charge is 0.352 e. The number of amides is 1. The maximum Gasteiger partial charge on any atom is 0.352 e. The molecule has 1 heterocycles. The van der Waals surface area contributed by atoms with Crippen LogP contribution in [0.4, 0.5) is 0 Å². The molecule has 0 saturated carbocycles. The number of aromatic nitrogens is 1. The summed E-state index contributed by atoms with van der Waals surface area (Å²) < 4.78 is 1.41. The van der Waals surface area contributed by atoms with Crippen molar-refractivity contribution in [2.24, 2.45) is 0 Å². The van der Waals surface area contributed by atoms with Gasteiger partial charge in [-0.3, -0.25) is 4.79 Å². The van der Waals surface area contributed by atoms with E-state index in [4.69, 9.17) is 5.11 Å². The average Bonchev–Trinajstić information content (AvgIpc) is 2.62. The summed E-state index contributed by atoms with van der Waals surface area (Å²) in [4.78, 5) is 22.0. The fourth-order valence-electron chi connectivity index (χ4n) is 1.22. The molecule has 0 bridgehead atoms. The average molecular weight is 210 g/mol. The second-order valence-corrected chi connectivity index (χ2v) is 3.18. The molecule has 0 radical (unpaired) electrons. The lowest BCUT2D eigenvalue weighted by atomic mass is 10.4. The Labute approximate surface area is 87.7 Å². The molecular weight excluding hydrogens is 196 g/mol. The molecule has 1 aromatic heterocycles. The highest BCUT2D eigenvalue weighted by atomic mass is 16.4. The fraction of sp³-hybridized carbons (Fsp3) is 0.400. The number of carbonyl (C=O) groups is 2. The molecule has 0 spiro atoms. The van der Waals surface area contributed by atoms with Gasteiger partial charge in [0.15, 0.2) is 0 Å². The van der Waals surface area contributed by atoms with E-state index < -0.39 is 5.97 Å². The number of nitrogens with one attached hydrogen (secondary N) is 1. The van der Waals surface area contributed by atoms with Crippen molar-refractivity contribution in [2.45, 2.75) is 19.9 Å². The lowest BCUT2D eigenvalue weighted by molar-refractivity contribution is -0.121. The molecule has 0 fully saturated rings. The Kier molecular flexibility index (Phi) is 3.91. The number of carbonyl (C=O) groups excluding carboxylic acids is 1. The Morgan fingerprint density at radius 3 is 2.87 bits per heavy atom. The molecule has 0 aromatic carbocycles. The van der Waals surface area contributed by atoms with E-state index >= 15 is 0 Å². The van der Waals surface area contributed by atoms with Crippen molar-refractivity contribution in [3.63, 3.8) is 0 Å². The molecule has 0 atom stereocenters. The van der Waals surface area contributed by atoms with Crippen LogP contribution < -0.4 is 5.32 Å². The van der Waals surface area contributed by atoms with Gasteiger partial charge in [0, 0.05) is 12.7 Å². The fourth-order valence-corrected chi connectivity index (χ4v) is 1.22. The Morgan fingerprint density at radius 1 is 1.53 bits per heavy atom. The first kappa shape index (κ1) is 11.3. The van der Waals surface area contributed by atoms with E-state index in [-0.39, 0.29) is 18.1 Å². The molecule has 1 aromatic rings. The number of carboxylic acids is 1. The molecule has 0 unspecified atom stereocenters. The Morgan fingerprint density at radius 2 is 2.27 bits per heavy atom. The number of carboxylic acid groups (broad SMARTS) is 1. The monoisotopic (exact) mass is 210 g/mol. The standard InChI is InChI=1S/C10H14N2O3/c1-2-5-11-9(13)7-12-6-3-4-8(12)10(14)15/h3-4,6H,2,5,7H2,1H3,(H,11,13)(H,14,15). The van der Waals surface area contributed by atoms with Crippen molar-refractivity contribution in [1.82, 2.24) is 9.88 Å². The normalized spacial score (nSPS) is 9.93. The number of hydrogen-bond donors (Lipinski definition) is 2. The van der Waals surface area contributed by atoms with E-state index in [1.807, 2.05) is 6.92 Å². The highest BCUT2D eigenvalue weighted by Crippen LogP contribution is 2.01. The van der Waals surface area contributed by atoms with Crippen molar-refractivity contribution in [2.75, 3.05) is 6.54 Å². The lowest BCUT2D eigenvalue weighted by Gasteiger charge is -2.06. The predicted molar refractivity (Wildman–Crippen MR) is 54.7 cm³/mol. The Bertz CT molecular complexity index is 357. The topological polar surface area (TPSA) is 71.3 Å². The molecule has 0 aliphatic heterocycles. The third-order valence-corrected chi connectivity index (χ3v) is 1.93. The van der Waals surface area contributed by atoms with Crippen molar-refractivity contribution >= 4 is 11.9 Å². The van der Waals surface area contributed by atoms with Gasteiger partial charge in [0.2, 0.25) is 5.91 Å². The molecule has 5 heteroatoms. The summed E-state index contributed by atoms with van der Waals surface area (Å²) in [6, 6.07) is 3.08. The minimum absolute atomic E-state index is 0.0502. The SMILES string of the molecule is CCCNC(=O)Cn1cccc1C(=O)O. The minimum Gasteiger partial charge on any atom is -0.477 e. The first-order valence-corrected chi connectivity index (χ1v) is 4.80. The van der Waals surface area contributed by atoms with Crippen LogP contribution in [-0.4, -0.2) is 28.1 Å². The van der Waals surface area contributed by atoms with Gasteiger partial charge in [-0.25, -0.2) is 4.79 Å². The van der Waals surface area contributed by atoms with Crippen LogP contribution in [0, 0.1) is 0 Å². The Hall–Kier alpha value is -1.78. The van der Waals surface area contributed by atoms with E-state index in [1.165, 1.54) is 10.6 Å². The first-order valence-electron chi connectivity index (χ1n) is 4.80. The van der Waals surface area contributed by atoms with E-state index in [0.717, 1.165) is 6.42 Å². The van der Waals surface area contributed by atoms with Crippen LogP contribution in [-0.2, 0) is 11.3 Å². The van der Waals surface area contributed by atoms with E-state index in [0.29, 0.717) is 6.54 Å². The van der Waals surface area contributed by atoms with Crippen molar-refractivity contribution in [3.8, 4) is 0 Å². The quantitative estimate of drug-likeness (QED) is 0.752. The highest BCUT2D eigenvalue weighted by molar-refractivity contribution is 5.86. The van der Waals surface area contributed by atoms with Crippen LogP contribution in [0.5, 0.6) is 0 Å². The van der Waals surface area contributed by atoms with Gasteiger partial charge in [-0.05, 0) is 18.6 Å². The maximum absolute atomic E-state index is 11.3. The zero-order chi connectivity index (χ0) is 11.3. The third kappa shape index (κ3) is 3.12. The van der Waals surface area contributed by atoms with Crippen molar-refractivity contribution < 1.29 is 14.7 Å². The summed E-state index contributed by atoms with van der Waals surface area (Å²) in [5.41, 5.74) is 0.127. The molecule has 1 amide bonds. The zero-order valence-corrected chi connectivity index (χ0v) is 8.56. The van der Waals surface area contributed by atoms with Gasteiger partial charge in [0.25, 0.3) is 0 Å². The largest absolute Gasteiger partial charge is 0.477 e. The first-order chi connectivity index (χ1) is 7.15. The van der Waals surface area contributed by atoms with Gasteiger partial charge in [-0.2, -0.15) is 0 Å². The zero-order valence-electron chi connectivity index (χ0n) is 8.56. The van der Waals surface area contributed by atoms with Gasteiger partial charge in [-0.15, -0.1) is 0 Å². The van der Waals surface area contributed by atoms with Gasteiger partial charge < -0.3 is 15.0 Å². The summed E-state index contributed by atoms with van der Waals surface area (Å²) in [6.07, 6.45) is 2.44. The number of hydrogen-bond acceptors (Lipinski definition) is 2. The second kappa shape index (κ2) is 5.19. The van der Waals surface area contributed by atoms with Crippen LogP contribution >= 0.6 is 0 Å². The van der Waals surface area contributed by atoms with Crippen LogP contribution in [0.25, 0.3) is 0 Å². The lowest BCUT2D eigenvalue weighted by Crippen LogP contribution is -2.28. The van der Waals surface area contributed by atoms with E-state index in [2.05, 4.69) is 5.32 Å². The molecular formula is C10H14N2O3. The maximum atomic E-state index is 11.3. The molecule has 15 heavy (non-hydrogen) atoms. The van der Waals surface area contributed by atoms with Crippen LogP contribution in [0.3, 0.4) is 0 Å². The minimum atomic E-state index is -1.02. The van der Waals surface area contributed by atoms with E-state index in [9.17, 15) is 9.59 Å². The van der Waals surface area contributed by atoms with E-state index in [1.54, 1.807) is 12.3 Å². The molecule has 2 N–H and O–H groups in total. The highest BCUT2D eigenvalue weighted by Gasteiger charge is 2.10. The summed E-state index contributed by atoms with van der Waals surface area (Å²) in [6.45, 7) is 2.62. The van der Waals surface area contributed by atoms with Gasteiger partial charge in [0.05, 0.1) is 0 Å². The molecule has 0 saturated heterocycles. The second-order valence-electron chi connectivity index (χ2n) is 3.18. The summed E-state index contributed by atoms with van der Waals surface area (Å²) >= 11 is 0. The van der Waals surface area contributed by atoms with Crippen LogP contribution in [0.1, 0.15) is 23.8 Å². The summed E-state index contributed by atoms with van der Waals surface area (Å²) in [5, 5.41) is 11.5. The van der Waals surface area contributed by atoms with Crippen LogP contribution in [0.15, 0.2) is 18.3 Å². The molecule has 1 rings (SSSR count). The van der Waals surface area contributed by atoms with Gasteiger partial charge in [0.1, 0.15) is 12.2 Å². The number of nitrogens with zero attached hydrogens (tertiary/aromatic N) is 1. The van der Waals surface area contributed by atoms with Gasteiger partial charge in [-0.1, -0.05) is 6.92 Å². The molecule has 82 valence electrons. The third-order valence-electron chi connectivity index (χ3n) is 1.93. The van der Waals surface area contributed by atoms with Crippen molar-refractivity contribution in [1.29, 1.82) is 0 Å². The van der Waals surface area contributed by atoms with Gasteiger partial charge >= 0.3 is 5.97 Å². The molecule has 5 nitrogen and oxygen atoms in total. The molecule has 0 aliphatic rings. The number of aromatic carboxylic acids is 1. The predicted octanol–water partition coefficient (Wildman–Crippen LogP) is 0.712. The number of rotatable bonds is 5. The Balaban J connectivity index is 2.60. The molecule has 0 aliphatic carbocycles. The van der Waals surface area contributed by atoms with Crippen molar-refractivity contribution in [3.05, 3.63) is 24.0 Å². The summed E-state index contributed by atoms with van der Waals surface area (Å²) in [5.74, 6) is -1.20. The van der Waals surface area contributed by atoms with Crippen LogP contribution in [0.2, 0.25) is 0 Å². The summed E-state index contributed by atoms with van der Waals surface area (Å²) in [7, 11) is 0.